The molecule has 0 radical (unpaired) electrons. The van der Waals surface area contributed by atoms with Crippen molar-refractivity contribution in [2.75, 3.05) is 0 Å². The Bertz CT molecular complexity index is 790. The van der Waals surface area contributed by atoms with Crippen LogP contribution in [-0.2, 0) is 24.2 Å². The normalized spacial score (nSPS) is 18.8. The second-order valence-electron chi connectivity index (χ2n) is 8.30. The smallest absolute Gasteiger partial charge is 0.329 e. The van der Waals surface area contributed by atoms with Gasteiger partial charge in [-0.3, -0.25) is 9.59 Å². The largest absolute Gasteiger partial charge is 0.480 e. The number of carbonyl (C=O) groups excluding carboxylic acids is 1. The van der Waals surface area contributed by atoms with Gasteiger partial charge in [0.2, 0.25) is 0 Å². The summed E-state index contributed by atoms with van der Waals surface area (Å²) in [6, 6.07) is 1.74. The van der Waals surface area contributed by atoms with E-state index in [2.05, 4.69) is 12.2 Å². The molecule has 2 aliphatic rings. The summed E-state index contributed by atoms with van der Waals surface area (Å²) in [6.45, 7) is 2.70. The molecule has 1 fully saturated rings. The molecule has 154 valence electrons. The topological polar surface area (TPSA) is 88.4 Å². The number of carboxylic acid groups (broad SMARTS) is 1. The molecular weight excluding hydrogens is 356 g/mol. The van der Waals surface area contributed by atoms with Gasteiger partial charge in [-0.25, -0.2) is 4.79 Å². The molecule has 0 aliphatic heterocycles. The van der Waals surface area contributed by atoms with Crippen molar-refractivity contribution in [1.29, 1.82) is 0 Å². The van der Waals surface area contributed by atoms with Crippen LogP contribution in [-0.4, -0.2) is 27.1 Å². The highest BCUT2D eigenvalue weighted by Crippen LogP contribution is 2.29. The summed E-state index contributed by atoms with van der Waals surface area (Å²) < 4.78 is 1.79. The highest BCUT2D eigenvalue weighted by Gasteiger charge is 2.41. The van der Waals surface area contributed by atoms with Gasteiger partial charge in [0.1, 0.15) is 11.1 Å². The van der Waals surface area contributed by atoms with Gasteiger partial charge >= 0.3 is 5.97 Å². The Morgan fingerprint density at radius 3 is 2.46 bits per heavy atom. The van der Waals surface area contributed by atoms with Crippen molar-refractivity contribution < 1.29 is 14.7 Å². The molecule has 1 aromatic rings. The lowest BCUT2D eigenvalue weighted by Crippen LogP contribution is -2.56. The molecule has 28 heavy (non-hydrogen) atoms. The predicted molar refractivity (Wildman–Crippen MR) is 108 cm³/mol. The van der Waals surface area contributed by atoms with Crippen molar-refractivity contribution in [3.63, 3.8) is 0 Å². The van der Waals surface area contributed by atoms with E-state index in [9.17, 15) is 19.5 Å². The molecule has 0 atom stereocenters. The zero-order valence-electron chi connectivity index (χ0n) is 16.9. The second kappa shape index (κ2) is 8.93. The maximum atomic E-state index is 13.2. The first-order chi connectivity index (χ1) is 13.5. The zero-order chi connectivity index (χ0) is 20.1. The molecule has 3 rings (SSSR count). The van der Waals surface area contributed by atoms with Gasteiger partial charge < -0.3 is 15.0 Å². The van der Waals surface area contributed by atoms with E-state index in [-0.39, 0.29) is 11.1 Å². The molecule has 1 saturated carbocycles. The van der Waals surface area contributed by atoms with Crippen LogP contribution in [0.25, 0.3) is 0 Å². The van der Waals surface area contributed by atoms with Crippen molar-refractivity contribution >= 4 is 11.9 Å². The van der Waals surface area contributed by atoms with Gasteiger partial charge in [0.15, 0.2) is 0 Å². The van der Waals surface area contributed by atoms with E-state index >= 15 is 0 Å². The van der Waals surface area contributed by atoms with Crippen LogP contribution in [0.15, 0.2) is 10.9 Å². The number of amides is 1. The summed E-state index contributed by atoms with van der Waals surface area (Å²) >= 11 is 0. The minimum atomic E-state index is -1.25. The van der Waals surface area contributed by atoms with Gasteiger partial charge in [0.25, 0.3) is 11.5 Å². The summed E-state index contributed by atoms with van der Waals surface area (Å²) in [5, 5.41) is 12.5. The number of rotatable bonds is 6. The van der Waals surface area contributed by atoms with E-state index in [0.717, 1.165) is 75.5 Å². The Morgan fingerprint density at radius 1 is 1.11 bits per heavy atom. The molecular formula is C22H32N2O4. The Balaban J connectivity index is 1.98. The van der Waals surface area contributed by atoms with Crippen molar-refractivity contribution in [3.05, 3.63) is 33.2 Å². The number of carboxylic acids is 1. The maximum absolute atomic E-state index is 13.2. The number of carbonyl (C=O) groups is 2. The molecule has 0 saturated heterocycles. The van der Waals surface area contributed by atoms with E-state index in [1.54, 1.807) is 10.6 Å². The fraction of sp³-hybridized carbons (Fsp3) is 0.682. The Labute approximate surface area is 166 Å². The SMILES string of the molecule is CCCCn1c2c(cc(C(=O)NC3(C(=O)O)CCCCC3)c1=O)CCCCC2. The third-order valence-electron chi connectivity index (χ3n) is 6.30. The summed E-state index contributed by atoms with van der Waals surface area (Å²) in [5.41, 5.74) is 0.721. The number of fused-ring (bicyclic) bond motifs is 1. The lowest BCUT2D eigenvalue weighted by molar-refractivity contribution is -0.145. The molecule has 0 spiro atoms. The molecule has 1 aromatic heterocycles. The summed E-state index contributed by atoms with van der Waals surface area (Å²) in [7, 11) is 0. The van der Waals surface area contributed by atoms with Crippen LogP contribution in [0.2, 0.25) is 0 Å². The molecule has 0 aromatic carbocycles. The van der Waals surface area contributed by atoms with Gasteiger partial charge in [-0.05, 0) is 56.6 Å². The number of aromatic nitrogens is 1. The standard InChI is InChI=1S/C22H32N2O4/c1-2-3-14-24-18-11-7-4-6-10-16(18)15-17(20(24)26)19(25)23-22(21(27)28)12-8-5-9-13-22/h15H,2-14H2,1H3,(H,23,25)(H,27,28). The molecule has 0 unspecified atom stereocenters. The lowest BCUT2D eigenvalue weighted by atomic mass is 9.81. The van der Waals surface area contributed by atoms with Gasteiger partial charge in [-0.1, -0.05) is 39.0 Å². The molecule has 1 heterocycles. The van der Waals surface area contributed by atoms with Crippen molar-refractivity contribution in [2.45, 2.75) is 96.1 Å². The van der Waals surface area contributed by atoms with Gasteiger partial charge in [0, 0.05) is 12.2 Å². The fourth-order valence-electron chi connectivity index (χ4n) is 4.60. The number of unbranched alkanes of at least 4 members (excludes halogenated alkanes) is 1. The van der Waals surface area contributed by atoms with Gasteiger partial charge in [0.05, 0.1) is 0 Å². The van der Waals surface area contributed by atoms with E-state index in [1.165, 1.54) is 0 Å². The predicted octanol–water partition coefficient (Wildman–Crippen LogP) is 3.43. The van der Waals surface area contributed by atoms with Crippen molar-refractivity contribution in [2.24, 2.45) is 0 Å². The first-order valence-electron chi connectivity index (χ1n) is 10.8. The average Bonchev–Trinajstić information content (AvgIpc) is 2.92. The summed E-state index contributed by atoms with van der Waals surface area (Å²) in [4.78, 5) is 38.1. The number of nitrogens with one attached hydrogen (secondary N) is 1. The fourth-order valence-corrected chi connectivity index (χ4v) is 4.60. The Kier molecular flexibility index (Phi) is 6.57. The van der Waals surface area contributed by atoms with Crippen LogP contribution in [0, 0.1) is 0 Å². The van der Waals surface area contributed by atoms with Crippen LogP contribution in [0.5, 0.6) is 0 Å². The number of aliphatic carboxylic acids is 1. The number of nitrogens with zero attached hydrogens (tertiary/aromatic N) is 1. The monoisotopic (exact) mass is 388 g/mol. The van der Waals surface area contributed by atoms with Crippen molar-refractivity contribution in [3.8, 4) is 0 Å². The Morgan fingerprint density at radius 2 is 1.79 bits per heavy atom. The quantitative estimate of drug-likeness (QED) is 0.731. The van der Waals surface area contributed by atoms with E-state index in [0.29, 0.717) is 19.4 Å². The van der Waals surface area contributed by atoms with Gasteiger partial charge in [-0.2, -0.15) is 0 Å². The number of pyridine rings is 1. The van der Waals surface area contributed by atoms with Gasteiger partial charge in [-0.15, -0.1) is 0 Å². The third-order valence-corrected chi connectivity index (χ3v) is 6.30. The lowest BCUT2D eigenvalue weighted by Gasteiger charge is -2.34. The first-order valence-corrected chi connectivity index (χ1v) is 10.8. The second-order valence-corrected chi connectivity index (χ2v) is 8.30. The number of aryl methyl sites for hydroxylation is 1. The highest BCUT2D eigenvalue weighted by molar-refractivity contribution is 5.97. The molecule has 2 aliphatic carbocycles. The molecule has 6 nitrogen and oxygen atoms in total. The molecule has 6 heteroatoms. The van der Waals surface area contributed by atoms with Crippen LogP contribution in [0.4, 0.5) is 0 Å². The van der Waals surface area contributed by atoms with E-state index in [4.69, 9.17) is 0 Å². The van der Waals surface area contributed by atoms with Crippen LogP contribution in [0.3, 0.4) is 0 Å². The van der Waals surface area contributed by atoms with E-state index in [1.807, 2.05) is 0 Å². The first kappa shape index (κ1) is 20.6. The highest BCUT2D eigenvalue weighted by atomic mass is 16.4. The Hall–Kier alpha value is -2.11. The van der Waals surface area contributed by atoms with Crippen LogP contribution in [0.1, 0.15) is 92.7 Å². The van der Waals surface area contributed by atoms with Crippen LogP contribution >= 0.6 is 0 Å². The minimum Gasteiger partial charge on any atom is -0.480 e. The van der Waals surface area contributed by atoms with Crippen LogP contribution < -0.4 is 10.9 Å². The third kappa shape index (κ3) is 4.15. The van der Waals surface area contributed by atoms with E-state index < -0.39 is 17.4 Å². The minimum absolute atomic E-state index is 0.1000. The average molecular weight is 389 g/mol. The maximum Gasteiger partial charge on any atom is 0.329 e. The number of hydrogen-bond acceptors (Lipinski definition) is 3. The zero-order valence-corrected chi connectivity index (χ0v) is 16.9. The summed E-state index contributed by atoms with van der Waals surface area (Å²) in [5.74, 6) is -1.53. The molecule has 2 N–H and O–H groups in total. The molecule has 1 amide bonds. The van der Waals surface area contributed by atoms with Crippen molar-refractivity contribution in [1.82, 2.24) is 9.88 Å². The summed E-state index contributed by atoms with van der Waals surface area (Å²) in [6.07, 6.45) is 10.2. The number of hydrogen-bond donors (Lipinski definition) is 2. The molecule has 0 bridgehead atoms.